The van der Waals surface area contributed by atoms with E-state index in [1.807, 2.05) is 12.1 Å². The number of hydrogen-bond donors (Lipinski definition) is 1. The van der Waals surface area contributed by atoms with Crippen LogP contribution in [0.15, 0.2) is 133 Å². The van der Waals surface area contributed by atoms with E-state index in [-0.39, 0.29) is 0 Å². The summed E-state index contributed by atoms with van der Waals surface area (Å²) in [6, 6.07) is 47.6. The van der Waals surface area contributed by atoms with Gasteiger partial charge in [0.05, 0.1) is 7.11 Å². The molecule has 2 heteroatoms. The first-order chi connectivity index (χ1) is 20.2. The largest absolute Gasteiger partial charge is 0.497 e. The Balaban J connectivity index is 1.56. The molecule has 0 fully saturated rings. The average Bonchev–Trinajstić information content (AvgIpc) is 3.36. The van der Waals surface area contributed by atoms with E-state index in [1.54, 1.807) is 7.11 Å². The third-order valence-corrected chi connectivity index (χ3v) is 8.42. The number of ether oxygens (including phenoxy) is 1. The number of nitrogen functional groups attached to an aromatic ring is 1. The highest BCUT2D eigenvalue weighted by atomic mass is 16.5. The van der Waals surface area contributed by atoms with E-state index in [0.717, 1.165) is 17.0 Å². The Morgan fingerprint density at radius 3 is 1.76 bits per heavy atom. The van der Waals surface area contributed by atoms with Gasteiger partial charge in [0.1, 0.15) is 5.75 Å². The normalized spacial score (nSPS) is 11.6. The van der Waals surface area contributed by atoms with Crippen LogP contribution in [0, 0.1) is 0 Å². The van der Waals surface area contributed by atoms with Gasteiger partial charge in [-0.15, -0.1) is 0 Å². The Bertz CT molecular complexity index is 2130. The maximum atomic E-state index is 6.46. The van der Waals surface area contributed by atoms with Gasteiger partial charge >= 0.3 is 0 Å². The molecule has 2 N–H and O–H groups in total. The molecule has 0 saturated carbocycles. The molecule has 1 aliphatic carbocycles. The van der Waals surface area contributed by atoms with Crippen LogP contribution in [-0.2, 0) is 0 Å². The van der Waals surface area contributed by atoms with Gasteiger partial charge in [-0.1, -0.05) is 109 Å². The lowest BCUT2D eigenvalue weighted by molar-refractivity contribution is 0.415. The third-order valence-electron chi connectivity index (χ3n) is 8.42. The van der Waals surface area contributed by atoms with Crippen molar-refractivity contribution in [1.82, 2.24) is 0 Å². The zero-order chi connectivity index (χ0) is 27.5. The molecule has 1 aliphatic rings. The lowest BCUT2D eigenvalue weighted by atomic mass is 9.82. The molecule has 0 heterocycles. The van der Waals surface area contributed by atoms with Gasteiger partial charge in [-0.2, -0.15) is 0 Å². The SMILES string of the molecule is COc1cccc(-c2ccc3c4c(cccc24)-c2c-3c(-c3ccccc3)c3ccc(N)cc3c2-c2ccccc2)c1. The first kappa shape index (κ1) is 23.5. The molecule has 0 bridgehead atoms. The molecule has 8 rings (SSSR count). The van der Waals surface area contributed by atoms with Crippen LogP contribution in [0.3, 0.4) is 0 Å². The van der Waals surface area contributed by atoms with E-state index in [0.29, 0.717) is 0 Å². The van der Waals surface area contributed by atoms with Crippen molar-refractivity contribution >= 4 is 27.2 Å². The fourth-order valence-electron chi connectivity index (χ4n) is 6.72. The molecular weight excluding hydrogens is 498 g/mol. The maximum Gasteiger partial charge on any atom is 0.119 e. The maximum absolute atomic E-state index is 6.46. The van der Waals surface area contributed by atoms with Crippen LogP contribution in [0.5, 0.6) is 5.75 Å². The number of nitrogens with two attached hydrogens (primary N) is 1. The zero-order valence-corrected chi connectivity index (χ0v) is 22.7. The summed E-state index contributed by atoms with van der Waals surface area (Å²) in [7, 11) is 1.72. The van der Waals surface area contributed by atoms with Crippen molar-refractivity contribution in [2.75, 3.05) is 12.8 Å². The molecule has 7 aromatic carbocycles. The van der Waals surface area contributed by atoms with Crippen molar-refractivity contribution < 1.29 is 4.74 Å². The van der Waals surface area contributed by atoms with Crippen molar-refractivity contribution in [2.24, 2.45) is 0 Å². The lowest BCUT2D eigenvalue weighted by Crippen LogP contribution is -1.95. The Morgan fingerprint density at radius 2 is 1.05 bits per heavy atom. The summed E-state index contributed by atoms with van der Waals surface area (Å²) in [6.45, 7) is 0. The summed E-state index contributed by atoms with van der Waals surface area (Å²) < 4.78 is 5.57. The standard InChI is InChI=1S/C39H27NO/c1-41-28-15-8-14-26(22-28)29-20-21-33-37-30(29)16-9-17-32(37)38-36(25-12-6-3-7-13-25)34-23-27(40)18-19-31(34)35(39(33)38)24-10-4-2-5-11-24/h2-23H,40H2,1H3. The summed E-state index contributed by atoms with van der Waals surface area (Å²) in [6.07, 6.45) is 0. The topological polar surface area (TPSA) is 35.2 Å². The molecule has 0 spiro atoms. The molecule has 0 radical (unpaired) electrons. The summed E-state index contributed by atoms with van der Waals surface area (Å²) >= 11 is 0. The molecule has 41 heavy (non-hydrogen) atoms. The average molecular weight is 526 g/mol. The smallest absolute Gasteiger partial charge is 0.119 e. The second-order valence-corrected chi connectivity index (χ2v) is 10.7. The van der Waals surface area contributed by atoms with Crippen LogP contribution in [0.2, 0.25) is 0 Å². The number of anilines is 1. The van der Waals surface area contributed by atoms with Crippen molar-refractivity contribution in [2.45, 2.75) is 0 Å². The lowest BCUT2D eigenvalue weighted by Gasteiger charge is -2.20. The number of methoxy groups -OCH3 is 1. The molecule has 194 valence electrons. The number of benzene rings is 7. The van der Waals surface area contributed by atoms with Crippen molar-refractivity contribution in [3.8, 4) is 61.4 Å². The molecule has 0 aliphatic heterocycles. The van der Waals surface area contributed by atoms with E-state index in [2.05, 4.69) is 121 Å². The second-order valence-electron chi connectivity index (χ2n) is 10.7. The van der Waals surface area contributed by atoms with Crippen molar-refractivity contribution in [3.63, 3.8) is 0 Å². The number of hydrogen-bond acceptors (Lipinski definition) is 2. The minimum atomic E-state index is 0.766. The van der Waals surface area contributed by atoms with Gasteiger partial charge in [0.2, 0.25) is 0 Å². The van der Waals surface area contributed by atoms with Gasteiger partial charge in [0, 0.05) is 5.69 Å². The molecule has 0 saturated heterocycles. The third kappa shape index (κ3) is 3.51. The predicted molar refractivity (Wildman–Crippen MR) is 173 cm³/mol. The monoisotopic (exact) mass is 525 g/mol. The fraction of sp³-hybridized carbons (Fsp3) is 0.0256. The highest BCUT2D eigenvalue weighted by Crippen LogP contribution is 2.58. The van der Waals surface area contributed by atoms with Crippen molar-refractivity contribution in [1.29, 1.82) is 0 Å². The van der Waals surface area contributed by atoms with Crippen LogP contribution < -0.4 is 10.5 Å². The van der Waals surface area contributed by atoms with Gasteiger partial charge in [-0.05, 0) is 101 Å². The molecule has 2 nitrogen and oxygen atoms in total. The van der Waals surface area contributed by atoms with E-state index < -0.39 is 0 Å². The zero-order valence-electron chi connectivity index (χ0n) is 22.7. The first-order valence-electron chi connectivity index (χ1n) is 13.9. The summed E-state index contributed by atoms with van der Waals surface area (Å²) in [4.78, 5) is 0. The van der Waals surface area contributed by atoms with Crippen LogP contribution in [0.1, 0.15) is 0 Å². The van der Waals surface area contributed by atoms with Crippen LogP contribution in [0.25, 0.3) is 77.2 Å². The summed E-state index contributed by atoms with van der Waals surface area (Å²) in [5.41, 5.74) is 19.6. The van der Waals surface area contributed by atoms with E-state index in [4.69, 9.17) is 10.5 Å². The van der Waals surface area contributed by atoms with Crippen LogP contribution in [-0.4, -0.2) is 7.11 Å². The molecule has 0 unspecified atom stereocenters. The van der Waals surface area contributed by atoms with Crippen molar-refractivity contribution in [3.05, 3.63) is 133 Å². The van der Waals surface area contributed by atoms with E-state index in [1.165, 1.54) is 71.6 Å². The molecule has 7 aromatic rings. The number of rotatable bonds is 4. The van der Waals surface area contributed by atoms with Gasteiger partial charge in [0.25, 0.3) is 0 Å². The summed E-state index contributed by atoms with van der Waals surface area (Å²) in [5, 5.41) is 4.92. The van der Waals surface area contributed by atoms with Gasteiger partial charge < -0.3 is 10.5 Å². The number of fused-ring (bicyclic) bond motifs is 4. The Morgan fingerprint density at radius 1 is 0.439 bits per heavy atom. The molecule has 0 atom stereocenters. The minimum Gasteiger partial charge on any atom is -0.497 e. The fourth-order valence-corrected chi connectivity index (χ4v) is 6.72. The molecule has 0 amide bonds. The van der Waals surface area contributed by atoms with Crippen LogP contribution >= 0.6 is 0 Å². The highest BCUT2D eigenvalue weighted by Gasteiger charge is 2.31. The summed E-state index contributed by atoms with van der Waals surface area (Å²) in [5.74, 6) is 0.857. The van der Waals surface area contributed by atoms with Crippen LogP contribution in [0.4, 0.5) is 5.69 Å². The minimum absolute atomic E-state index is 0.766. The van der Waals surface area contributed by atoms with Gasteiger partial charge in [-0.25, -0.2) is 0 Å². The quantitative estimate of drug-likeness (QED) is 0.232. The first-order valence-corrected chi connectivity index (χ1v) is 13.9. The van der Waals surface area contributed by atoms with E-state index >= 15 is 0 Å². The predicted octanol–water partition coefficient (Wildman–Crippen LogP) is 10.2. The highest BCUT2D eigenvalue weighted by molar-refractivity contribution is 6.29. The van der Waals surface area contributed by atoms with Gasteiger partial charge in [0.15, 0.2) is 0 Å². The molecular formula is C39H27NO. The Labute approximate surface area is 239 Å². The Kier molecular flexibility index (Phi) is 5.23. The van der Waals surface area contributed by atoms with Gasteiger partial charge in [-0.3, -0.25) is 0 Å². The molecule has 0 aromatic heterocycles. The Hall–Kier alpha value is -5.34. The van der Waals surface area contributed by atoms with E-state index in [9.17, 15) is 0 Å². The second kappa shape index (κ2) is 9.11.